The molecule has 0 saturated carbocycles. The van der Waals surface area contributed by atoms with E-state index in [0.29, 0.717) is 0 Å². The molecular weight excluding hydrogens is 208 g/mol. The lowest BCUT2D eigenvalue weighted by atomic mass is 10.1. The lowest BCUT2D eigenvalue weighted by Crippen LogP contribution is -1.85. The van der Waals surface area contributed by atoms with Crippen LogP contribution in [0.3, 0.4) is 0 Å². The fourth-order valence-corrected chi connectivity index (χ4v) is 1.48. The second-order valence-electron chi connectivity index (χ2n) is 4.01. The van der Waals surface area contributed by atoms with Crippen LogP contribution < -0.4 is 11.5 Å². The summed E-state index contributed by atoms with van der Waals surface area (Å²) in [4.78, 5) is 0. The van der Waals surface area contributed by atoms with E-state index in [1.54, 1.807) is 0 Å². The molecule has 2 nitrogen and oxygen atoms in total. The van der Waals surface area contributed by atoms with Gasteiger partial charge in [-0.3, -0.25) is 0 Å². The molecule has 0 heterocycles. The number of aryl methyl sites for hydroxylation is 2. The van der Waals surface area contributed by atoms with Gasteiger partial charge in [0.05, 0.1) is 0 Å². The Morgan fingerprint density at radius 3 is 1.82 bits per heavy atom. The maximum atomic E-state index is 5.53. The van der Waals surface area contributed by atoms with Gasteiger partial charge < -0.3 is 11.5 Å². The van der Waals surface area contributed by atoms with E-state index < -0.39 is 0 Å². The van der Waals surface area contributed by atoms with Gasteiger partial charge in [-0.1, -0.05) is 31.2 Å². The standard InChI is InChI=1S/C8H11N.C7H9N/c1-2-7-4-3-5-8(9)6-7;1-6-3-2-4-7(8)5-6/h3-6H,2,9H2,1H3;2-5H,8H2,1H3. The van der Waals surface area contributed by atoms with Gasteiger partial charge in [-0.15, -0.1) is 0 Å². The van der Waals surface area contributed by atoms with Crippen molar-refractivity contribution in [1.29, 1.82) is 0 Å². The summed E-state index contributed by atoms with van der Waals surface area (Å²) in [5, 5.41) is 0. The molecule has 0 aliphatic carbocycles. The third-order valence-electron chi connectivity index (χ3n) is 2.40. The topological polar surface area (TPSA) is 52.0 Å². The molecule has 4 N–H and O–H groups in total. The van der Waals surface area contributed by atoms with Crippen LogP contribution in [0.1, 0.15) is 18.1 Å². The molecule has 2 aromatic rings. The summed E-state index contributed by atoms with van der Waals surface area (Å²) in [6, 6.07) is 15.8. The van der Waals surface area contributed by atoms with Gasteiger partial charge in [0.25, 0.3) is 0 Å². The van der Waals surface area contributed by atoms with Gasteiger partial charge in [-0.05, 0) is 48.7 Å². The zero-order chi connectivity index (χ0) is 12.7. The van der Waals surface area contributed by atoms with Crippen molar-refractivity contribution in [3.63, 3.8) is 0 Å². The Morgan fingerprint density at radius 1 is 0.882 bits per heavy atom. The van der Waals surface area contributed by atoms with E-state index in [4.69, 9.17) is 11.5 Å². The zero-order valence-corrected chi connectivity index (χ0v) is 10.5. The highest BCUT2D eigenvalue weighted by Gasteiger charge is 1.86. The first-order valence-electron chi connectivity index (χ1n) is 5.78. The summed E-state index contributed by atoms with van der Waals surface area (Å²) in [5.41, 5.74) is 15.2. The smallest absolute Gasteiger partial charge is 0.0316 e. The number of benzene rings is 2. The van der Waals surface area contributed by atoms with E-state index in [-0.39, 0.29) is 0 Å². The van der Waals surface area contributed by atoms with Crippen molar-refractivity contribution in [3.05, 3.63) is 59.7 Å². The molecule has 0 saturated heterocycles. The van der Waals surface area contributed by atoms with Crippen LogP contribution in [0.4, 0.5) is 11.4 Å². The fourth-order valence-electron chi connectivity index (χ4n) is 1.48. The largest absolute Gasteiger partial charge is 0.399 e. The van der Waals surface area contributed by atoms with Crippen LogP contribution in [0.5, 0.6) is 0 Å². The number of hydrogen-bond donors (Lipinski definition) is 2. The first kappa shape index (κ1) is 13.1. The Balaban J connectivity index is 0.000000171. The lowest BCUT2D eigenvalue weighted by Gasteiger charge is -1.95. The lowest BCUT2D eigenvalue weighted by molar-refractivity contribution is 1.14. The van der Waals surface area contributed by atoms with E-state index in [1.807, 2.05) is 49.4 Å². The van der Waals surface area contributed by atoms with E-state index in [0.717, 1.165) is 17.8 Å². The second kappa shape index (κ2) is 6.59. The van der Waals surface area contributed by atoms with Gasteiger partial charge >= 0.3 is 0 Å². The van der Waals surface area contributed by atoms with Crippen LogP contribution in [0, 0.1) is 6.92 Å². The average molecular weight is 228 g/mol. The molecule has 0 radical (unpaired) electrons. The summed E-state index contributed by atoms with van der Waals surface area (Å²) < 4.78 is 0. The molecule has 0 atom stereocenters. The second-order valence-corrected chi connectivity index (χ2v) is 4.01. The summed E-state index contributed by atoms with van der Waals surface area (Å²) in [6.45, 7) is 4.14. The van der Waals surface area contributed by atoms with Crippen molar-refractivity contribution in [3.8, 4) is 0 Å². The van der Waals surface area contributed by atoms with E-state index >= 15 is 0 Å². The molecule has 90 valence electrons. The molecular formula is C15H20N2. The van der Waals surface area contributed by atoms with E-state index in [1.165, 1.54) is 11.1 Å². The Bertz CT molecular complexity index is 447. The molecule has 0 aliphatic heterocycles. The molecule has 2 rings (SSSR count). The summed E-state index contributed by atoms with van der Waals surface area (Å²) in [6.07, 6.45) is 1.06. The molecule has 0 fully saturated rings. The van der Waals surface area contributed by atoms with Crippen molar-refractivity contribution in [2.24, 2.45) is 0 Å². The third kappa shape index (κ3) is 5.07. The maximum Gasteiger partial charge on any atom is 0.0316 e. The number of hydrogen-bond acceptors (Lipinski definition) is 2. The number of nitrogens with two attached hydrogens (primary N) is 2. The number of anilines is 2. The average Bonchev–Trinajstić information content (AvgIpc) is 2.29. The number of rotatable bonds is 1. The summed E-state index contributed by atoms with van der Waals surface area (Å²) in [5.74, 6) is 0. The predicted octanol–water partition coefficient (Wildman–Crippen LogP) is 3.41. The third-order valence-corrected chi connectivity index (χ3v) is 2.40. The molecule has 0 aromatic heterocycles. The molecule has 2 aromatic carbocycles. The van der Waals surface area contributed by atoms with Gasteiger partial charge in [-0.25, -0.2) is 0 Å². The summed E-state index contributed by atoms with van der Waals surface area (Å²) in [7, 11) is 0. The first-order chi connectivity index (χ1) is 8.11. The SMILES string of the molecule is CCc1cccc(N)c1.Cc1cccc(N)c1. The Hall–Kier alpha value is -1.96. The monoisotopic (exact) mass is 228 g/mol. The minimum Gasteiger partial charge on any atom is -0.399 e. The van der Waals surface area contributed by atoms with Gasteiger partial charge in [-0.2, -0.15) is 0 Å². The summed E-state index contributed by atoms with van der Waals surface area (Å²) >= 11 is 0. The van der Waals surface area contributed by atoms with Gasteiger partial charge in [0.2, 0.25) is 0 Å². The number of nitrogen functional groups attached to an aromatic ring is 2. The molecule has 0 aliphatic rings. The van der Waals surface area contributed by atoms with Gasteiger partial charge in [0.15, 0.2) is 0 Å². The fraction of sp³-hybridized carbons (Fsp3) is 0.200. The van der Waals surface area contributed by atoms with E-state index in [9.17, 15) is 0 Å². The molecule has 2 heteroatoms. The van der Waals surface area contributed by atoms with Crippen LogP contribution in [0.25, 0.3) is 0 Å². The Kier molecular flexibility index (Phi) is 5.08. The maximum absolute atomic E-state index is 5.53. The predicted molar refractivity (Wildman–Crippen MR) is 75.8 cm³/mol. The molecule has 0 amide bonds. The van der Waals surface area contributed by atoms with Crippen LogP contribution >= 0.6 is 0 Å². The highest BCUT2D eigenvalue weighted by molar-refractivity contribution is 5.40. The van der Waals surface area contributed by atoms with Crippen LogP contribution in [0.2, 0.25) is 0 Å². The zero-order valence-electron chi connectivity index (χ0n) is 10.5. The highest BCUT2D eigenvalue weighted by atomic mass is 14.5. The van der Waals surface area contributed by atoms with Crippen LogP contribution in [-0.4, -0.2) is 0 Å². The molecule has 0 unspecified atom stereocenters. The van der Waals surface area contributed by atoms with Crippen LogP contribution in [-0.2, 0) is 6.42 Å². The van der Waals surface area contributed by atoms with Crippen molar-refractivity contribution in [2.75, 3.05) is 11.5 Å². The van der Waals surface area contributed by atoms with Crippen molar-refractivity contribution < 1.29 is 0 Å². The van der Waals surface area contributed by atoms with Gasteiger partial charge in [0.1, 0.15) is 0 Å². The Labute approximate surface area is 103 Å². The van der Waals surface area contributed by atoms with Gasteiger partial charge in [0, 0.05) is 11.4 Å². The minimum atomic E-state index is 0.838. The molecule has 17 heavy (non-hydrogen) atoms. The van der Waals surface area contributed by atoms with Crippen molar-refractivity contribution in [1.82, 2.24) is 0 Å². The molecule has 0 bridgehead atoms. The first-order valence-corrected chi connectivity index (χ1v) is 5.78. The normalized spacial score (nSPS) is 9.29. The van der Waals surface area contributed by atoms with E-state index in [2.05, 4.69) is 13.0 Å². The Morgan fingerprint density at radius 2 is 1.47 bits per heavy atom. The van der Waals surface area contributed by atoms with Crippen molar-refractivity contribution >= 4 is 11.4 Å². The van der Waals surface area contributed by atoms with Crippen molar-refractivity contribution in [2.45, 2.75) is 20.3 Å². The minimum absolute atomic E-state index is 0.838. The highest BCUT2D eigenvalue weighted by Crippen LogP contribution is 2.05. The quantitative estimate of drug-likeness (QED) is 0.735. The van der Waals surface area contributed by atoms with Crippen LogP contribution in [0.15, 0.2) is 48.5 Å². The molecule has 0 spiro atoms.